The monoisotopic (exact) mass is 348 g/mol. The number of halogens is 2. The van der Waals surface area contributed by atoms with Gasteiger partial charge >= 0.3 is 0 Å². The van der Waals surface area contributed by atoms with Gasteiger partial charge in [-0.3, -0.25) is 9.20 Å². The van der Waals surface area contributed by atoms with E-state index in [0.717, 1.165) is 6.07 Å². The number of aromatic amines is 1. The summed E-state index contributed by atoms with van der Waals surface area (Å²) in [6, 6.07) is 9.87. The van der Waals surface area contributed by atoms with Crippen molar-refractivity contribution >= 4 is 5.65 Å². The van der Waals surface area contributed by atoms with Crippen molar-refractivity contribution in [3.63, 3.8) is 0 Å². The van der Waals surface area contributed by atoms with Crippen molar-refractivity contribution in [1.29, 1.82) is 5.26 Å². The van der Waals surface area contributed by atoms with E-state index in [9.17, 15) is 18.8 Å². The number of benzene rings is 2. The molecule has 0 spiro atoms. The van der Waals surface area contributed by atoms with Gasteiger partial charge in [0.15, 0.2) is 0 Å². The van der Waals surface area contributed by atoms with E-state index in [-0.39, 0.29) is 22.3 Å². The van der Waals surface area contributed by atoms with Crippen LogP contribution in [0.3, 0.4) is 0 Å². The average molecular weight is 348 g/mol. The lowest BCUT2D eigenvalue weighted by atomic mass is 9.97. The van der Waals surface area contributed by atoms with E-state index in [0.29, 0.717) is 16.8 Å². The summed E-state index contributed by atoms with van der Waals surface area (Å²) in [7, 11) is 0. The van der Waals surface area contributed by atoms with E-state index < -0.39 is 11.6 Å². The smallest absolute Gasteiger partial charge is 0.291 e. The molecule has 0 aliphatic rings. The first kappa shape index (κ1) is 15.7. The largest absolute Gasteiger partial charge is 0.324 e. The Hall–Kier alpha value is -3.79. The predicted octanol–water partition coefficient (Wildman–Crippen LogP) is 3.51. The molecule has 0 aliphatic carbocycles. The first-order valence-corrected chi connectivity index (χ1v) is 7.63. The van der Waals surface area contributed by atoms with Gasteiger partial charge in [-0.25, -0.2) is 13.8 Å². The molecule has 7 heteroatoms. The van der Waals surface area contributed by atoms with Crippen LogP contribution in [0.4, 0.5) is 8.78 Å². The van der Waals surface area contributed by atoms with Crippen molar-refractivity contribution in [3.05, 3.63) is 82.5 Å². The van der Waals surface area contributed by atoms with Crippen LogP contribution in [-0.4, -0.2) is 14.4 Å². The number of H-pyrrole nitrogens is 1. The molecular formula is C19H10F2N4O. The zero-order chi connectivity index (χ0) is 18.3. The minimum Gasteiger partial charge on any atom is -0.324 e. The SMILES string of the molecule is N#Cc1cc(F)ccc1-c1cc(-c2cnc3c(=O)[nH]ccn23)ccc1F. The van der Waals surface area contributed by atoms with Crippen molar-refractivity contribution < 1.29 is 8.78 Å². The summed E-state index contributed by atoms with van der Waals surface area (Å²) in [5, 5.41) is 9.23. The van der Waals surface area contributed by atoms with Crippen LogP contribution in [0.15, 0.2) is 59.8 Å². The Morgan fingerprint density at radius 2 is 1.96 bits per heavy atom. The highest BCUT2D eigenvalue weighted by molar-refractivity contribution is 5.76. The number of aromatic nitrogens is 3. The summed E-state index contributed by atoms with van der Waals surface area (Å²) >= 11 is 0. The molecule has 4 aromatic rings. The minimum atomic E-state index is -0.567. The van der Waals surface area contributed by atoms with E-state index in [1.807, 2.05) is 6.07 Å². The lowest BCUT2D eigenvalue weighted by molar-refractivity contribution is 0.625. The second kappa shape index (κ2) is 5.93. The van der Waals surface area contributed by atoms with Crippen LogP contribution in [0.25, 0.3) is 28.0 Å². The summed E-state index contributed by atoms with van der Waals surface area (Å²) in [6.07, 6.45) is 4.64. The fourth-order valence-corrected chi connectivity index (χ4v) is 2.88. The molecule has 5 nitrogen and oxygen atoms in total. The van der Waals surface area contributed by atoms with Gasteiger partial charge in [-0.2, -0.15) is 5.26 Å². The quantitative estimate of drug-likeness (QED) is 0.602. The van der Waals surface area contributed by atoms with Crippen LogP contribution >= 0.6 is 0 Å². The highest BCUT2D eigenvalue weighted by Gasteiger charge is 2.14. The Morgan fingerprint density at radius 1 is 1.12 bits per heavy atom. The van der Waals surface area contributed by atoms with E-state index in [1.54, 1.807) is 22.7 Å². The Morgan fingerprint density at radius 3 is 2.77 bits per heavy atom. The number of hydrogen-bond acceptors (Lipinski definition) is 3. The summed E-state index contributed by atoms with van der Waals surface area (Å²) in [5.74, 6) is -1.11. The first-order valence-electron chi connectivity index (χ1n) is 7.63. The molecular weight excluding hydrogens is 338 g/mol. The van der Waals surface area contributed by atoms with Crippen molar-refractivity contribution in [2.75, 3.05) is 0 Å². The van der Waals surface area contributed by atoms with Crippen LogP contribution < -0.4 is 5.56 Å². The topological polar surface area (TPSA) is 73.9 Å². The van der Waals surface area contributed by atoms with Crippen LogP contribution in [0, 0.1) is 23.0 Å². The fourth-order valence-electron chi connectivity index (χ4n) is 2.88. The van der Waals surface area contributed by atoms with Gasteiger partial charge in [0.1, 0.15) is 11.6 Å². The summed E-state index contributed by atoms with van der Waals surface area (Å²) in [5.41, 5.74) is 1.56. The van der Waals surface area contributed by atoms with Crippen molar-refractivity contribution in [3.8, 4) is 28.5 Å². The Balaban J connectivity index is 1.94. The number of hydrogen-bond donors (Lipinski definition) is 1. The van der Waals surface area contributed by atoms with Gasteiger partial charge in [0, 0.05) is 29.1 Å². The number of rotatable bonds is 2. The van der Waals surface area contributed by atoms with Crippen molar-refractivity contribution in [2.24, 2.45) is 0 Å². The van der Waals surface area contributed by atoms with Gasteiger partial charge in [-0.15, -0.1) is 0 Å². The van der Waals surface area contributed by atoms with Gasteiger partial charge in [0.25, 0.3) is 5.56 Å². The molecule has 0 amide bonds. The molecule has 0 unspecified atom stereocenters. The third kappa shape index (κ3) is 2.45. The van der Waals surface area contributed by atoms with Crippen LogP contribution in [0.5, 0.6) is 0 Å². The molecule has 0 fully saturated rings. The number of imidazole rings is 1. The summed E-state index contributed by atoms with van der Waals surface area (Å²) < 4.78 is 29.4. The Kier molecular flexibility index (Phi) is 3.59. The Labute approximate surface area is 145 Å². The molecule has 0 atom stereocenters. The third-order valence-corrected chi connectivity index (χ3v) is 4.09. The predicted molar refractivity (Wildman–Crippen MR) is 91.3 cm³/mol. The van der Waals surface area contributed by atoms with Crippen molar-refractivity contribution in [1.82, 2.24) is 14.4 Å². The summed E-state index contributed by atoms with van der Waals surface area (Å²) in [6.45, 7) is 0. The normalized spacial score (nSPS) is 10.8. The van der Waals surface area contributed by atoms with E-state index in [2.05, 4.69) is 9.97 Å². The fraction of sp³-hybridized carbons (Fsp3) is 0. The third-order valence-electron chi connectivity index (χ3n) is 4.09. The highest BCUT2D eigenvalue weighted by atomic mass is 19.1. The molecule has 0 bridgehead atoms. The van der Waals surface area contributed by atoms with E-state index in [1.165, 1.54) is 30.6 Å². The van der Waals surface area contributed by atoms with Crippen molar-refractivity contribution in [2.45, 2.75) is 0 Å². The Bertz CT molecular complexity index is 1250. The lowest BCUT2D eigenvalue weighted by Crippen LogP contribution is -2.08. The molecule has 0 radical (unpaired) electrons. The molecule has 126 valence electrons. The molecule has 4 rings (SSSR count). The van der Waals surface area contributed by atoms with Crippen LogP contribution in [0.2, 0.25) is 0 Å². The molecule has 26 heavy (non-hydrogen) atoms. The van der Waals surface area contributed by atoms with Gasteiger partial charge < -0.3 is 4.98 Å². The molecule has 0 aliphatic heterocycles. The minimum absolute atomic E-state index is 0.0376. The van der Waals surface area contributed by atoms with Gasteiger partial charge in [0.05, 0.1) is 23.5 Å². The van der Waals surface area contributed by atoms with Crippen LogP contribution in [0.1, 0.15) is 5.56 Å². The standard InChI is InChI=1S/C19H10F2N4O/c20-13-2-3-14(12(7-13)9-22)15-8-11(1-4-16(15)21)17-10-24-18-19(26)23-5-6-25(17)18/h1-8,10H,(H,23,26). The molecule has 1 N–H and O–H groups in total. The van der Waals surface area contributed by atoms with Gasteiger partial charge in [-0.05, 0) is 30.3 Å². The van der Waals surface area contributed by atoms with E-state index in [4.69, 9.17) is 0 Å². The van der Waals surface area contributed by atoms with Gasteiger partial charge in [-0.1, -0.05) is 6.07 Å². The maximum absolute atomic E-state index is 14.4. The highest BCUT2D eigenvalue weighted by Crippen LogP contribution is 2.31. The average Bonchev–Trinajstić information content (AvgIpc) is 3.08. The van der Waals surface area contributed by atoms with Crippen LogP contribution in [-0.2, 0) is 0 Å². The zero-order valence-corrected chi connectivity index (χ0v) is 13.2. The number of nitrogens with zero attached hydrogens (tertiary/aromatic N) is 3. The molecule has 0 saturated carbocycles. The number of fused-ring (bicyclic) bond motifs is 1. The zero-order valence-electron chi connectivity index (χ0n) is 13.2. The lowest BCUT2D eigenvalue weighted by Gasteiger charge is -2.09. The molecule has 0 saturated heterocycles. The number of nitrogens with one attached hydrogen (secondary N) is 1. The molecule has 2 aromatic heterocycles. The maximum atomic E-state index is 14.4. The molecule has 2 heterocycles. The first-order chi connectivity index (χ1) is 12.6. The summed E-state index contributed by atoms with van der Waals surface area (Å²) in [4.78, 5) is 18.4. The second-order valence-electron chi connectivity index (χ2n) is 5.62. The molecule has 2 aromatic carbocycles. The van der Waals surface area contributed by atoms with Gasteiger partial charge in [0.2, 0.25) is 5.65 Å². The number of nitriles is 1. The second-order valence-corrected chi connectivity index (χ2v) is 5.62. The van der Waals surface area contributed by atoms with E-state index >= 15 is 0 Å². The maximum Gasteiger partial charge on any atom is 0.291 e.